The third kappa shape index (κ3) is 9.53. The minimum Gasteiger partial charge on any atom is -0.396 e. The average molecular weight is 196 g/mol. The van der Waals surface area contributed by atoms with Gasteiger partial charge in [-0.15, -0.1) is 0 Å². The molecule has 0 radical (unpaired) electrons. The van der Waals surface area contributed by atoms with Gasteiger partial charge in [-0.3, -0.25) is 0 Å². The Labute approximate surface area is 88.5 Å². The first-order valence-corrected chi connectivity index (χ1v) is 5.72. The fourth-order valence-corrected chi connectivity index (χ4v) is 1.30. The van der Waals surface area contributed by atoms with E-state index in [0.717, 1.165) is 25.7 Å². The molecule has 0 heterocycles. The molecule has 0 amide bonds. The number of allylic oxidation sites excluding steroid dienone is 4. The van der Waals surface area contributed by atoms with Crippen LogP contribution in [0.4, 0.5) is 0 Å². The summed E-state index contributed by atoms with van der Waals surface area (Å²) in [5, 5.41) is 8.71. The van der Waals surface area contributed by atoms with E-state index in [-0.39, 0.29) is 0 Å². The average Bonchev–Trinajstić information content (AvgIpc) is 2.17. The number of aliphatic hydroxyl groups is 1. The summed E-state index contributed by atoms with van der Waals surface area (Å²) in [4.78, 5) is 0. The molecule has 0 rings (SSSR count). The summed E-state index contributed by atoms with van der Waals surface area (Å²) in [5.74, 6) is 0.649. The first kappa shape index (κ1) is 13.4. The van der Waals surface area contributed by atoms with E-state index in [1.165, 1.54) is 6.42 Å². The highest BCUT2D eigenvalue weighted by Crippen LogP contribution is 2.09. The number of aliphatic hydroxyl groups excluding tert-OH is 1. The summed E-state index contributed by atoms with van der Waals surface area (Å²) < 4.78 is 0. The van der Waals surface area contributed by atoms with Crippen LogP contribution in [0, 0.1) is 5.92 Å². The van der Waals surface area contributed by atoms with E-state index in [1.54, 1.807) is 0 Å². The van der Waals surface area contributed by atoms with E-state index in [2.05, 4.69) is 38.2 Å². The molecule has 1 nitrogen and oxygen atoms in total. The molecular weight excluding hydrogens is 172 g/mol. The summed E-state index contributed by atoms with van der Waals surface area (Å²) in [7, 11) is 0. The van der Waals surface area contributed by atoms with Crippen LogP contribution in [0.1, 0.15) is 46.0 Å². The molecule has 14 heavy (non-hydrogen) atoms. The molecule has 0 aromatic heterocycles. The zero-order valence-corrected chi connectivity index (χ0v) is 9.58. The molecule has 0 aromatic rings. The molecule has 0 saturated carbocycles. The summed E-state index contributed by atoms with van der Waals surface area (Å²) in [6.45, 7) is 4.67. The van der Waals surface area contributed by atoms with Gasteiger partial charge < -0.3 is 5.11 Å². The number of hydrogen-bond acceptors (Lipinski definition) is 1. The second-order valence-corrected chi connectivity index (χ2v) is 3.78. The Morgan fingerprint density at radius 1 is 1.07 bits per heavy atom. The van der Waals surface area contributed by atoms with Crippen molar-refractivity contribution in [1.29, 1.82) is 0 Å². The predicted octanol–water partition coefficient (Wildman–Crippen LogP) is 3.70. The maximum Gasteiger partial charge on any atom is 0.0433 e. The Balaban J connectivity index is 3.30. The van der Waals surface area contributed by atoms with E-state index >= 15 is 0 Å². The Kier molecular flexibility index (Phi) is 10.1. The van der Waals surface area contributed by atoms with E-state index in [9.17, 15) is 0 Å². The van der Waals surface area contributed by atoms with Crippen LogP contribution in [-0.4, -0.2) is 11.7 Å². The van der Waals surface area contributed by atoms with Crippen molar-refractivity contribution in [3.8, 4) is 0 Å². The van der Waals surface area contributed by atoms with Gasteiger partial charge in [0.15, 0.2) is 0 Å². The van der Waals surface area contributed by atoms with Crippen molar-refractivity contribution in [2.45, 2.75) is 46.0 Å². The van der Waals surface area contributed by atoms with Gasteiger partial charge in [0.05, 0.1) is 0 Å². The van der Waals surface area contributed by atoms with Crippen LogP contribution >= 0.6 is 0 Å². The fourth-order valence-electron chi connectivity index (χ4n) is 1.30. The first-order valence-electron chi connectivity index (χ1n) is 5.72. The van der Waals surface area contributed by atoms with Crippen LogP contribution in [0.25, 0.3) is 0 Å². The molecule has 0 aliphatic rings. The Morgan fingerprint density at radius 2 is 1.79 bits per heavy atom. The van der Waals surface area contributed by atoms with E-state index in [4.69, 9.17) is 5.11 Å². The lowest BCUT2D eigenvalue weighted by Gasteiger charge is -2.05. The van der Waals surface area contributed by atoms with Gasteiger partial charge in [-0.25, -0.2) is 0 Å². The molecule has 0 saturated heterocycles. The summed E-state index contributed by atoms with van der Waals surface area (Å²) in [6, 6.07) is 0. The lowest BCUT2D eigenvalue weighted by atomic mass is 10.0. The van der Waals surface area contributed by atoms with E-state index in [0.29, 0.717) is 12.5 Å². The highest BCUT2D eigenvalue weighted by molar-refractivity contribution is 4.92. The van der Waals surface area contributed by atoms with Gasteiger partial charge in [-0.2, -0.15) is 0 Å². The SMILES string of the molecule is CCC=CCC=CCCC(C)CCO. The van der Waals surface area contributed by atoms with Gasteiger partial charge in [0.1, 0.15) is 0 Å². The maximum atomic E-state index is 8.71. The lowest BCUT2D eigenvalue weighted by Crippen LogP contribution is -1.96. The van der Waals surface area contributed by atoms with Gasteiger partial charge in [0.25, 0.3) is 0 Å². The summed E-state index contributed by atoms with van der Waals surface area (Å²) in [6.07, 6.45) is 14.3. The molecular formula is C13H24O. The standard InChI is InChI=1S/C13H24O/c1-3-4-5-6-7-8-9-10-13(2)11-12-14/h4-5,7-8,13-14H,3,6,9-12H2,1-2H3. The largest absolute Gasteiger partial charge is 0.396 e. The topological polar surface area (TPSA) is 20.2 Å². The van der Waals surface area contributed by atoms with E-state index in [1.807, 2.05) is 0 Å². The lowest BCUT2D eigenvalue weighted by molar-refractivity contribution is 0.259. The smallest absolute Gasteiger partial charge is 0.0433 e. The van der Waals surface area contributed by atoms with Crippen LogP contribution < -0.4 is 0 Å². The Hall–Kier alpha value is -0.560. The maximum absolute atomic E-state index is 8.71. The minimum absolute atomic E-state index is 0.324. The first-order chi connectivity index (χ1) is 6.81. The third-order valence-corrected chi connectivity index (χ3v) is 2.29. The molecule has 1 unspecified atom stereocenters. The van der Waals surface area contributed by atoms with Crippen molar-refractivity contribution in [3.05, 3.63) is 24.3 Å². The van der Waals surface area contributed by atoms with Crippen LogP contribution in [0.2, 0.25) is 0 Å². The molecule has 82 valence electrons. The van der Waals surface area contributed by atoms with E-state index < -0.39 is 0 Å². The molecule has 0 bridgehead atoms. The van der Waals surface area contributed by atoms with Crippen LogP contribution in [0.3, 0.4) is 0 Å². The van der Waals surface area contributed by atoms with Gasteiger partial charge in [0, 0.05) is 6.61 Å². The van der Waals surface area contributed by atoms with Crippen molar-refractivity contribution >= 4 is 0 Å². The van der Waals surface area contributed by atoms with Crippen molar-refractivity contribution in [2.24, 2.45) is 5.92 Å². The quantitative estimate of drug-likeness (QED) is 0.587. The summed E-state index contributed by atoms with van der Waals surface area (Å²) in [5.41, 5.74) is 0. The van der Waals surface area contributed by atoms with Crippen molar-refractivity contribution in [1.82, 2.24) is 0 Å². The van der Waals surface area contributed by atoms with Gasteiger partial charge >= 0.3 is 0 Å². The van der Waals surface area contributed by atoms with Crippen LogP contribution in [-0.2, 0) is 0 Å². The zero-order valence-electron chi connectivity index (χ0n) is 9.58. The van der Waals surface area contributed by atoms with Gasteiger partial charge in [-0.05, 0) is 38.0 Å². The van der Waals surface area contributed by atoms with Crippen LogP contribution in [0.5, 0.6) is 0 Å². The number of hydrogen-bond donors (Lipinski definition) is 1. The summed E-state index contributed by atoms with van der Waals surface area (Å²) >= 11 is 0. The molecule has 0 aliphatic heterocycles. The van der Waals surface area contributed by atoms with Gasteiger partial charge in [0.2, 0.25) is 0 Å². The molecule has 1 N–H and O–H groups in total. The molecule has 0 aromatic carbocycles. The van der Waals surface area contributed by atoms with Gasteiger partial charge in [-0.1, -0.05) is 38.2 Å². The van der Waals surface area contributed by atoms with Crippen molar-refractivity contribution in [3.63, 3.8) is 0 Å². The molecule has 0 spiro atoms. The van der Waals surface area contributed by atoms with Crippen molar-refractivity contribution in [2.75, 3.05) is 6.61 Å². The Bertz CT molecular complexity index is 159. The molecule has 1 heteroatoms. The third-order valence-electron chi connectivity index (χ3n) is 2.29. The van der Waals surface area contributed by atoms with Crippen LogP contribution in [0.15, 0.2) is 24.3 Å². The predicted molar refractivity (Wildman–Crippen MR) is 63.3 cm³/mol. The molecule has 0 aliphatic carbocycles. The molecule has 1 atom stereocenters. The normalized spacial score (nSPS) is 14.2. The highest BCUT2D eigenvalue weighted by atomic mass is 16.3. The minimum atomic E-state index is 0.324. The zero-order chi connectivity index (χ0) is 10.6. The van der Waals surface area contributed by atoms with Crippen molar-refractivity contribution < 1.29 is 5.11 Å². The highest BCUT2D eigenvalue weighted by Gasteiger charge is 1.97. The fraction of sp³-hybridized carbons (Fsp3) is 0.692. The molecule has 0 fully saturated rings. The monoisotopic (exact) mass is 196 g/mol. The Morgan fingerprint density at radius 3 is 2.43 bits per heavy atom. The number of rotatable bonds is 8. The second kappa shape index (κ2) is 10.5. The second-order valence-electron chi connectivity index (χ2n) is 3.78.